The molecule has 27 heavy (non-hydrogen) atoms. The van der Waals surface area contributed by atoms with Gasteiger partial charge in [-0.3, -0.25) is 9.67 Å². The largest absolute Gasteiger partial charge is 0.306 e. The van der Waals surface area contributed by atoms with Crippen LogP contribution in [0, 0.1) is 19.8 Å². The van der Waals surface area contributed by atoms with Crippen molar-refractivity contribution in [1.29, 1.82) is 0 Å². The highest BCUT2D eigenvalue weighted by Gasteiger charge is 2.18. The van der Waals surface area contributed by atoms with Crippen LogP contribution in [0.2, 0.25) is 0 Å². The first-order chi connectivity index (χ1) is 13.1. The molecule has 1 aliphatic heterocycles. The fourth-order valence-corrected chi connectivity index (χ4v) is 3.94. The second-order valence-electron chi connectivity index (χ2n) is 7.72. The van der Waals surface area contributed by atoms with E-state index in [1.165, 1.54) is 19.4 Å². The number of hydrogen-bond donors (Lipinski definition) is 0. The summed E-state index contributed by atoms with van der Waals surface area (Å²) in [6.07, 6.45) is 6.50. The molecule has 1 aliphatic rings. The first kappa shape index (κ1) is 17.9. The van der Waals surface area contributed by atoms with Crippen LogP contribution in [-0.2, 0) is 6.54 Å². The number of hydrogen-bond acceptors (Lipinski definition) is 4. The summed E-state index contributed by atoms with van der Waals surface area (Å²) in [4.78, 5) is 11.5. The third-order valence-electron chi connectivity index (χ3n) is 5.32. The molecule has 3 heterocycles. The molecule has 1 fully saturated rings. The Hall–Kier alpha value is -2.53. The SMILES string of the molecule is Cc1cnc(C)c(-c2cccc(-c3ccn(C[C@@H]4CCCN(C)C4)n3)c2)n1. The highest BCUT2D eigenvalue weighted by molar-refractivity contribution is 5.70. The lowest BCUT2D eigenvalue weighted by atomic mass is 9.99. The highest BCUT2D eigenvalue weighted by Crippen LogP contribution is 2.26. The Kier molecular flexibility index (Phi) is 5.03. The van der Waals surface area contributed by atoms with Gasteiger partial charge in [-0.2, -0.15) is 5.10 Å². The molecule has 2 aromatic heterocycles. The minimum Gasteiger partial charge on any atom is -0.306 e. The van der Waals surface area contributed by atoms with Crippen LogP contribution in [-0.4, -0.2) is 44.8 Å². The van der Waals surface area contributed by atoms with E-state index >= 15 is 0 Å². The molecule has 1 atom stereocenters. The second kappa shape index (κ2) is 7.61. The average Bonchev–Trinajstić information content (AvgIpc) is 3.12. The number of rotatable bonds is 4. The predicted octanol–water partition coefficient (Wildman–Crippen LogP) is 3.97. The number of piperidine rings is 1. The van der Waals surface area contributed by atoms with Gasteiger partial charge in [-0.05, 0) is 58.3 Å². The minimum atomic E-state index is 0.688. The maximum atomic E-state index is 4.84. The van der Waals surface area contributed by atoms with Crippen LogP contribution in [0.4, 0.5) is 0 Å². The standard InChI is InChI=1S/C22H27N5/c1-16-13-23-17(2)22(24-16)20-8-4-7-19(12-20)21-9-11-27(25-21)15-18-6-5-10-26(3)14-18/h4,7-9,11-13,18H,5-6,10,14-15H2,1-3H3/t18-/m1/s1. The van der Waals surface area contributed by atoms with Gasteiger partial charge in [0.15, 0.2) is 0 Å². The molecule has 5 heteroatoms. The van der Waals surface area contributed by atoms with Crippen LogP contribution in [0.5, 0.6) is 0 Å². The van der Waals surface area contributed by atoms with E-state index in [2.05, 4.69) is 63.1 Å². The summed E-state index contributed by atoms with van der Waals surface area (Å²) in [6.45, 7) is 7.35. The summed E-state index contributed by atoms with van der Waals surface area (Å²) in [7, 11) is 2.21. The summed E-state index contributed by atoms with van der Waals surface area (Å²) in [6, 6.07) is 10.6. The molecule has 0 aliphatic carbocycles. The smallest absolute Gasteiger partial charge is 0.0923 e. The molecule has 3 aromatic rings. The summed E-state index contributed by atoms with van der Waals surface area (Å²) in [5, 5.41) is 4.84. The van der Waals surface area contributed by atoms with Gasteiger partial charge in [-0.1, -0.05) is 18.2 Å². The molecular weight excluding hydrogens is 334 g/mol. The zero-order chi connectivity index (χ0) is 18.8. The first-order valence-corrected chi connectivity index (χ1v) is 9.71. The van der Waals surface area contributed by atoms with E-state index in [4.69, 9.17) is 5.10 Å². The zero-order valence-corrected chi connectivity index (χ0v) is 16.4. The zero-order valence-electron chi connectivity index (χ0n) is 16.4. The number of aromatic nitrogens is 4. The summed E-state index contributed by atoms with van der Waals surface area (Å²) in [5.41, 5.74) is 6.05. The van der Waals surface area contributed by atoms with Gasteiger partial charge in [0.1, 0.15) is 0 Å². The lowest BCUT2D eigenvalue weighted by molar-refractivity contribution is 0.191. The van der Waals surface area contributed by atoms with Crippen molar-refractivity contribution < 1.29 is 0 Å². The third kappa shape index (κ3) is 4.08. The Morgan fingerprint density at radius 2 is 2.00 bits per heavy atom. The average molecular weight is 361 g/mol. The molecule has 0 N–H and O–H groups in total. The number of nitrogens with zero attached hydrogens (tertiary/aromatic N) is 5. The van der Waals surface area contributed by atoms with Crippen LogP contribution in [0.15, 0.2) is 42.7 Å². The maximum absolute atomic E-state index is 4.84. The fraction of sp³-hybridized carbons (Fsp3) is 0.409. The Morgan fingerprint density at radius 3 is 2.85 bits per heavy atom. The topological polar surface area (TPSA) is 46.8 Å². The van der Waals surface area contributed by atoms with Crippen LogP contribution in [0.1, 0.15) is 24.2 Å². The van der Waals surface area contributed by atoms with E-state index in [9.17, 15) is 0 Å². The molecule has 1 saturated heterocycles. The summed E-state index contributed by atoms with van der Waals surface area (Å²) in [5.74, 6) is 0.688. The number of aryl methyl sites for hydroxylation is 2. The highest BCUT2D eigenvalue weighted by atomic mass is 15.3. The molecule has 4 rings (SSSR count). The van der Waals surface area contributed by atoms with Crippen molar-refractivity contribution in [2.75, 3.05) is 20.1 Å². The van der Waals surface area contributed by atoms with E-state index in [0.29, 0.717) is 5.92 Å². The number of benzene rings is 1. The molecule has 0 bridgehead atoms. The van der Waals surface area contributed by atoms with E-state index in [0.717, 1.165) is 47.0 Å². The quantitative estimate of drug-likeness (QED) is 0.705. The molecule has 0 amide bonds. The van der Waals surface area contributed by atoms with Crippen molar-refractivity contribution in [2.24, 2.45) is 5.92 Å². The predicted molar refractivity (Wildman–Crippen MR) is 108 cm³/mol. The van der Waals surface area contributed by atoms with Gasteiger partial charge in [0.2, 0.25) is 0 Å². The van der Waals surface area contributed by atoms with Gasteiger partial charge in [0, 0.05) is 36.6 Å². The normalized spacial score (nSPS) is 18.0. The third-order valence-corrected chi connectivity index (χ3v) is 5.32. The molecule has 0 saturated carbocycles. The van der Waals surface area contributed by atoms with Crippen LogP contribution >= 0.6 is 0 Å². The van der Waals surface area contributed by atoms with E-state index in [1.54, 1.807) is 0 Å². The van der Waals surface area contributed by atoms with E-state index in [-0.39, 0.29) is 0 Å². The van der Waals surface area contributed by atoms with Crippen molar-refractivity contribution in [2.45, 2.75) is 33.2 Å². The van der Waals surface area contributed by atoms with E-state index in [1.807, 2.05) is 20.0 Å². The molecule has 140 valence electrons. The second-order valence-corrected chi connectivity index (χ2v) is 7.72. The minimum absolute atomic E-state index is 0.688. The molecule has 5 nitrogen and oxygen atoms in total. The molecule has 1 aromatic carbocycles. The monoisotopic (exact) mass is 361 g/mol. The van der Waals surface area contributed by atoms with Gasteiger partial charge in [-0.15, -0.1) is 0 Å². The summed E-state index contributed by atoms with van der Waals surface area (Å²) < 4.78 is 2.10. The Morgan fingerprint density at radius 1 is 1.15 bits per heavy atom. The summed E-state index contributed by atoms with van der Waals surface area (Å²) >= 11 is 0. The molecule has 0 unspecified atom stereocenters. The van der Waals surface area contributed by atoms with Crippen molar-refractivity contribution in [1.82, 2.24) is 24.6 Å². The molecular formula is C22H27N5. The number of likely N-dealkylation sites (tertiary alicyclic amines) is 1. The Balaban J connectivity index is 1.56. The molecule has 0 spiro atoms. The van der Waals surface area contributed by atoms with Gasteiger partial charge < -0.3 is 4.90 Å². The van der Waals surface area contributed by atoms with Crippen LogP contribution < -0.4 is 0 Å². The van der Waals surface area contributed by atoms with Crippen LogP contribution in [0.3, 0.4) is 0 Å². The fourth-order valence-electron chi connectivity index (χ4n) is 3.94. The lowest BCUT2D eigenvalue weighted by Gasteiger charge is -2.29. The maximum Gasteiger partial charge on any atom is 0.0923 e. The van der Waals surface area contributed by atoms with Crippen molar-refractivity contribution in [3.8, 4) is 22.5 Å². The van der Waals surface area contributed by atoms with E-state index < -0.39 is 0 Å². The van der Waals surface area contributed by atoms with Crippen molar-refractivity contribution in [3.05, 3.63) is 54.1 Å². The van der Waals surface area contributed by atoms with Gasteiger partial charge in [0.05, 0.1) is 22.8 Å². The van der Waals surface area contributed by atoms with Crippen LogP contribution in [0.25, 0.3) is 22.5 Å². The first-order valence-electron chi connectivity index (χ1n) is 9.71. The van der Waals surface area contributed by atoms with Gasteiger partial charge >= 0.3 is 0 Å². The van der Waals surface area contributed by atoms with Gasteiger partial charge in [-0.25, -0.2) is 4.98 Å². The Bertz CT molecular complexity index is 930. The van der Waals surface area contributed by atoms with Crippen molar-refractivity contribution in [3.63, 3.8) is 0 Å². The Labute approximate surface area is 161 Å². The molecule has 0 radical (unpaired) electrons. The lowest BCUT2D eigenvalue weighted by Crippen LogP contribution is -2.34. The van der Waals surface area contributed by atoms with Crippen molar-refractivity contribution >= 4 is 0 Å². The van der Waals surface area contributed by atoms with Gasteiger partial charge in [0.25, 0.3) is 0 Å².